The minimum Gasteiger partial charge on any atom is -0.382 e. The molecule has 26 heavy (non-hydrogen) atoms. The van der Waals surface area contributed by atoms with Gasteiger partial charge >= 0.3 is 23.1 Å². The molecule has 2 aromatic rings. The minimum atomic E-state index is -5.22. The lowest BCUT2D eigenvalue weighted by Crippen LogP contribution is -2.11. The molecule has 0 saturated carbocycles. The first kappa shape index (κ1) is 21.1. The van der Waals surface area contributed by atoms with Crippen molar-refractivity contribution in [2.75, 3.05) is 18.7 Å². The molecule has 15 nitrogen and oxygen atoms in total. The molecule has 0 bridgehead atoms. The summed E-state index contributed by atoms with van der Waals surface area (Å²) in [6, 6.07) is 0. The Morgan fingerprint density at radius 1 is 1.15 bits per heavy atom. The first-order valence-corrected chi connectivity index (χ1v) is 11.5. The van der Waals surface area contributed by atoms with Gasteiger partial charge in [-0.05, 0) is 0 Å². The first-order chi connectivity index (χ1) is 11.9. The zero-order valence-corrected chi connectivity index (χ0v) is 15.5. The van der Waals surface area contributed by atoms with Gasteiger partial charge in [-0.2, -0.15) is 0 Å². The maximum atomic E-state index is 11.7. The molecule has 18 heteroatoms. The molecule has 0 aromatic carbocycles. The van der Waals surface area contributed by atoms with Crippen LogP contribution in [0.5, 0.6) is 0 Å². The highest BCUT2D eigenvalue weighted by atomic mass is 31.3. The van der Waals surface area contributed by atoms with Gasteiger partial charge in [0, 0.05) is 6.54 Å². The number of nitrogen functional groups attached to an aromatic ring is 1. The Bertz CT molecular complexity index is 927. The molecule has 2 heterocycles. The highest BCUT2D eigenvalue weighted by Gasteiger charge is 2.37. The van der Waals surface area contributed by atoms with E-state index < -0.39 is 29.4 Å². The number of ether oxygens (including phenoxy) is 1. The quantitative estimate of drug-likeness (QED) is 0.214. The van der Waals surface area contributed by atoms with E-state index in [1.807, 2.05) is 0 Å². The lowest BCUT2D eigenvalue weighted by atomic mass is 10.5. The zero-order valence-electron chi connectivity index (χ0n) is 12.8. The summed E-state index contributed by atoms with van der Waals surface area (Å²) in [4.78, 5) is 48.3. The second-order valence-electron chi connectivity index (χ2n) is 4.79. The molecular formula is C8H15N6O9P3. The van der Waals surface area contributed by atoms with Crippen LogP contribution in [0, 0.1) is 0 Å². The highest BCUT2D eigenvalue weighted by Crippen LogP contribution is 2.60. The van der Waals surface area contributed by atoms with E-state index in [1.165, 1.54) is 17.2 Å². The topological polar surface area (TPSA) is 232 Å². The van der Waals surface area contributed by atoms with Crippen LogP contribution in [0.25, 0.3) is 11.2 Å². The zero-order chi connectivity index (χ0) is 19.6. The van der Waals surface area contributed by atoms with Gasteiger partial charge in [0.25, 0.3) is 0 Å². The van der Waals surface area contributed by atoms with E-state index in [0.717, 1.165) is 4.86 Å². The number of hydrogen-bond donors (Lipinski definition) is 6. The Labute approximate surface area is 145 Å². The van der Waals surface area contributed by atoms with E-state index in [9.17, 15) is 18.6 Å². The van der Waals surface area contributed by atoms with Crippen molar-refractivity contribution in [2.24, 2.45) is 0 Å². The molecule has 2 atom stereocenters. The summed E-state index contributed by atoms with van der Waals surface area (Å²) in [5.74, 6) is 0.180. The third kappa shape index (κ3) is 6.18. The highest BCUT2D eigenvalue weighted by molar-refractivity contribution is 7.71. The van der Waals surface area contributed by atoms with Crippen molar-refractivity contribution in [2.45, 2.75) is 6.54 Å². The summed E-state index contributed by atoms with van der Waals surface area (Å²) in [6.45, 7) is 0.00933. The van der Waals surface area contributed by atoms with Crippen LogP contribution in [0.1, 0.15) is 0 Å². The average molecular weight is 432 g/mol. The fourth-order valence-corrected chi connectivity index (χ4v) is 5.51. The molecule has 7 N–H and O–H groups in total. The van der Waals surface area contributed by atoms with Gasteiger partial charge in [-0.1, -0.05) is 0 Å². The largest absolute Gasteiger partial charge is 0.419 e. The molecule has 0 saturated heterocycles. The number of nitrogens with one attached hydrogen (secondary N) is 1. The third-order valence-corrected chi connectivity index (χ3v) is 7.12. The fraction of sp³-hybridized carbons (Fsp3) is 0.375. The predicted octanol–water partition coefficient (Wildman–Crippen LogP) is -0.633. The van der Waals surface area contributed by atoms with Gasteiger partial charge in [-0.3, -0.25) is 4.57 Å². The summed E-state index contributed by atoms with van der Waals surface area (Å²) in [6.07, 6.45) is 1.64. The number of rotatable bonds is 9. The molecular weight excluding hydrogens is 417 g/mol. The van der Waals surface area contributed by atoms with Crippen molar-refractivity contribution in [1.29, 1.82) is 0 Å². The molecule has 2 aromatic heterocycles. The van der Waals surface area contributed by atoms with Crippen LogP contribution < -0.4 is 10.6 Å². The first-order valence-electron chi connectivity index (χ1n) is 6.59. The van der Waals surface area contributed by atoms with Crippen LogP contribution in [0.3, 0.4) is 0 Å². The van der Waals surface area contributed by atoms with E-state index in [2.05, 4.69) is 19.3 Å². The van der Waals surface area contributed by atoms with Gasteiger partial charge in [0.15, 0.2) is 11.5 Å². The molecule has 0 radical (unpaired) electrons. The molecule has 0 aliphatic carbocycles. The van der Waals surface area contributed by atoms with Crippen molar-refractivity contribution < 1.29 is 42.3 Å². The molecule has 2 unspecified atom stereocenters. The van der Waals surface area contributed by atoms with Crippen molar-refractivity contribution in [3.63, 3.8) is 0 Å². The van der Waals surface area contributed by atoms with Crippen LogP contribution >= 0.6 is 23.1 Å². The molecule has 0 aliphatic heterocycles. The van der Waals surface area contributed by atoms with E-state index >= 15 is 0 Å². The maximum Gasteiger partial charge on any atom is 0.419 e. The number of nitrogens with two attached hydrogens (primary N) is 1. The lowest BCUT2D eigenvalue weighted by Gasteiger charge is -2.17. The van der Waals surface area contributed by atoms with Crippen molar-refractivity contribution >= 4 is 40.1 Å². The molecule has 2 rings (SSSR count). The summed E-state index contributed by atoms with van der Waals surface area (Å²) < 4.78 is 44.0. The summed E-state index contributed by atoms with van der Waals surface area (Å²) >= 11 is 0. The number of hydrogen-bond acceptors (Lipinski definition) is 9. The Kier molecular flexibility index (Phi) is 6.31. The standard InChI is InChI=1S/C8H15N6O9P3/c9-7-6-8(11-3-10-7)14(4-12-6)1-2-22-5-24(15,16)23-26(20,21)13-25(17,18)19/h3-4H,1-2,5H2,(H,15,16)(H2,9,10,11)(H4,13,17,18,19,20,21). The number of anilines is 1. The average Bonchev–Trinajstić information content (AvgIpc) is 2.84. The van der Waals surface area contributed by atoms with Gasteiger partial charge in [-0.25, -0.2) is 28.4 Å². The van der Waals surface area contributed by atoms with E-state index in [0.29, 0.717) is 11.2 Å². The fourth-order valence-electron chi connectivity index (χ4n) is 1.78. The van der Waals surface area contributed by atoms with Gasteiger partial charge < -0.3 is 34.6 Å². The summed E-state index contributed by atoms with van der Waals surface area (Å²) in [5, 5.41) is 0. The Balaban J connectivity index is 1.88. The van der Waals surface area contributed by atoms with E-state index in [1.54, 1.807) is 0 Å². The Morgan fingerprint density at radius 3 is 2.50 bits per heavy atom. The molecule has 0 amide bonds. The number of nitrogens with zero attached hydrogens (tertiary/aromatic N) is 4. The minimum absolute atomic E-state index is 0.134. The van der Waals surface area contributed by atoms with Gasteiger partial charge in [0.2, 0.25) is 0 Å². The lowest BCUT2D eigenvalue weighted by molar-refractivity contribution is 0.149. The van der Waals surface area contributed by atoms with Crippen molar-refractivity contribution in [1.82, 2.24) is 24.4 Å². The predicted molar refractivity (Wildman–Crippen MR) is 86.5 cm³/mol. The van der Waals surface area contributed by atoms with Crippen LogP contribution in [-0.4, -0.2) is 52.0 Å². The third-order valence-electron chi connectivity index (χ3n) is 2.66. The summed E-state index contributed by atoms with van der Waals surface area (Å²) in [5.41, 5.74) is 6.41. The van der Waals surface area contributed by atoms with Gasteiger partial charge in [0.1, 0.15) is 18.2 Å². The molecule has 0 spiro atoms. The normalized spacial score (nSPS) is 17.1. The van der Waals surface area contributed by atoms with Crippen LogP contribution in [0.2, 0.25) is 0 Å². The number of fused-ring (bicyclic) bond motifs is 1. The molecule has 0 aliphatic rings. The van der Waals surface area contributed by atoms with Crippen LogP contribution in [0.15, 0.2) is 12.7 Å². The Hall–Kier alpha value is -1.24. The number of imidazole rings is 1. The second-order valence-corrected chi connectivity index (χ2v) is 9.91. The monoisotopic (exact) mass is 432 g/mol. The smallest absolute Gasteiger partial charge is 0.382 e. The molecule has 146 valence electrons. The van der Waals surface area contributed by atoms with E-state index in [-0.39, 0.29) is 19.0 Å². The van der Waals surface area contributed by atoms with Gasteiger partial charge in [-0.15, -0.1) is 4.86 Å². The second kappa shape index (κ2) is 7.79. The van der Waals surface area contributed by atoms with Crippen molar-refractivity contribution in [3.8, 4) is 0 Å². The Morgan fingerprint density at radius 2 is 1.85 bits per heavy atom. The van der Waals surface area contributed by atoms with Crippen LogP contribution in [-0.2, 0) is 29.3 Å². The number of aromatic nitrogens is 4. The summed E-state index contributed by atoms with van der Waals surface area (Å²) in [7, 11) is -15.2. The molecule has 0 fully saturated rings. The van der Waals surface area contributed by atoms with E-state index in [4.69, 9.17) is 25.2 Å². The van der Waals surface area contributed by atoms with Gasteiger partial charge in [0.05, 0.1) is 12.9 Å². The van der Waals surface area contributed by atoms with Crippen molar-refractivity contribution in [3.05, 3.63) is 12.7 Å². The van der Waals surface area contributed by atoms with Crippen LogP contribution in [0.4, 0.5) is 5.82 Å². The maximum absolute atomic E-state index is 11.7. The SMILES string of the molecule is Nc1ncnc2c1ncn2CCOCP(=O)(O)OP(=O)(O)NP(=O)(O)O.